The lowest BCUT2D eigenvalue weighted by molar-refractivity contribution is 0.167. The Balaban J connectivity index is 0.00000400. The van der Waals surface area contributed by atoms with Crippen LogP contribution >= 0.6 is 24.0 Å². The minimum Gasteiger partial charge on any atom is -0.370 e. The minimum absolute atomic E-state index is 0. The summed E-state index contributed by atoms with van der Waals surface area (Å²) in [6.07, 6.45) is 5.16. The molecule has 126 valence electrons. The van der Waals surface area contributed by atoms with E-state index >= 15 is 0 Å². The molecule has 21 heavy (non-hydrogen) atoms. The summed E-state index contributed by atoms with van der Waals surface area (Å²) in [6.45, 7) is 13.1. The van der Waals surface area contributed by atoms with Crippen LogP contribution in [0.25, 0.3) is 0 Å². The van der Waals surface area contributed by atoms with Crippen LogP contribution in [-0.4, -0.2) is 43.1 Å². The van der Waals surface area contributed by atoms with Gasteiger partial charge in [-0.1, -0.05) is 40.5 Å². The van der Waals surface area contributed by atoms with E-state index in [0.717, 1.165) is 19.0 Å². The Kier molecular flexibility index (Phi) is 11.5. The van der Waals surface area contributed by atoms with E-state index in [9.17, 15) is 0 Å². The van der Waals surface area contributed by atoms with E-state index in [4.69, 9.17) is 5.73 Å². The lowest BCUT2D eigenvalue weighted by Gasteiger charge is -2.34. The second kappa shape index (κ2) is 11.5. The van der Waals surface area contributed by atoms with Crippen molar-refractivity contribution in [2.45, 2.75) is 59.4 Å². The van der Waals surface area contributed by atoms with E-state index < -0.39 is 0 Å². The van der Waals surface area contributed by atoms with Crippen molar-refractivity contribution in [3.63, 3.8) is 0 Å². The number of aliphatic imine (C=N–C) groups is 1. The Morgan fingerprint density at radius 1 is 1.19 bits per heavy atom. The molecule has 3 N–H and O–H groups in total. The highest BCUT2D eigenvalue weighted by molar-refractivity contribution is 14.0. The van der Waals surface area contributed by atoms with Crippen molar-refractivity contribution in [1.29, 1.82) is 0 Å². The molecule has 0 spiro atoms. The fraction of sp³-hybridized carbons (Fsp3) is 0.938. The summed E-state index contributed by atoms with van der Waals surface area (Å²) in [5.41, 5.74) is 5.97. The maximum atomic E-state index is 5.97. The molecule has 1 rings (SSSR count). The number of nitrogens with one attached hydrogen (secondary N) is 1. The molecular weight excluding hydrogens is 375 g/mol. The summed E-state index contributed by atoms with van der Waals surface area (Å²) < 4.78 is 0. The molecule has 4 nitrogen and oxygen atoms in total. The van der Waals surface area contributed by atoms with Gasteiger partial charge >= 0.3 is 0 Å². The van der Waals surface area contributed by atoms with E-state index in [1.165, 1.54) is 38.8 Å². The van der Waals surface area contributed by atoms with Gasteiger partial charge in [-0.25, -0.2) is 0 Å². The molecule has 0 bridgehead atoms. The number of hydrogen-bond donors (Lipinski definition) is 2. The normalized spacial score (nSPS) is 18.1. The quantitative estimate of drug-likeness (QED) is 0.367. The van der Waals surface area contributed by atoms with Gasteiger partial charge in [0.05, 0.1) is 0 Å². The van der Waals surface area contributed by atoms with Crippen molar-refractivity contribution in [1.82, 2.24) is 10.2 Å². The Morgan fingerprint density at radius 2 is 1.76 bits per heavy atom. The van der Waals surface area contributed by atoms with Crippen LogP contribution in [0.5, 0.6) is 0 Å². The van der Waals surface area contributed by atoms with E-state index in [0.29, 0.717) is 17.9 Å². The zero-order valence-corrected chi connectivity index (χ0v) is 16.6. The standard InChI is InChI=1S/C16H34N4.HI/c1-5-14(6-2)15(20-9-7-8-10-20)12-19-16(17)18-11-13(3)4;/h13-15H,5-12H2,1-4H3,(H3,17,18,19);1H. The average molecular weight is 410 g/mol. The first-order valence-corrected chi connectivity index (χ1v) is 8.36. The number of hydrogen-bond acceptors (Lipinski definition) is 2. The molecule has 0 aliphatic carbocycles. The molecule has 0 aromatic heterocycles. The van der Waals surface area contributed by atoms with Gasteiger partial charge in [0.1, 0.15) is 0 Å². The van der Waals surface area contributed by atoms with Crippen LogP contribution < -0.4 is 11.1 Å². The summed E-state index contributed by atoms with van der Waals surface area (Å²) in [4.78, 5) is 7.04. The van der Waals surface area contributed by atoms with Gasteiger partial charge in [0.2, 0.25) is 0 Å². The molecule has 0 aromatic rings. The Bertz CT molecular complexity index is 282. The van der Waals surface area contributed by atoms with Crippen molar-refractivity contribution >= 4 is 29.9 Å². The van der Waals surface area contributed by atoms with Crippen molar-refractivity contribution in [3.05, 3.63) is 0 Å². The molecule has 0 radical (unpaired) electrons. The van der Waals surface area contributed by atoms with Crippen molar-refractivity contribution in [3.8, 4) is 0 Å². The molecular formula is C16H35IN4. The van der Waals surface area contributed by atoms with Crippen molar-refractivity contribution in [2.24, 2.45) is 22.6 Å². The SMILES string of the molecule is CCC(CC)C(CNC(N)=NCC(C)C)N1CCCC1.I. The molecule has 1 saturated heterocycles. The van der Waals surface area contributed by atoms with Gasteiger partial charge in [0, 0.05) is 19.1 Å². The second-order valence-electron chi connectivity index (χ2n) is 6.39. The zero-order chi connectivity index (χ0) is 15.0. The first-order valence-electron chi connectivity index (χ1n) is 8.36. The third-order valence-electron chi connectivity index (χ3n) is 4.32. The molecule has 0 aromatic carbocycles. The molecule has 5 heteroatoms. The van der Waals surface area contributed by atoms with Gasteiger partial charge in [-0.15, -0.1) is 24.0 Å². The largest absolute Gasteiger partial charge is 0.370 e. The molecule has 0 amide bonds. The first-order chi connectivity index (χ1) is 9.58. The summed E-state index contributed by atoms with van der Waals surface area (Å²) in [7, 11) is 0. The Morgan fingerprint density at radius 3 is 2.24 bits per heavy atom. The van der Waals surface area contributed by atoms with E-state index in [-0.39, 0.29) is 24.0 Å². The molecule has 1 unspecified atom stereocenters. The van der Waals surface area contributed by atoms with Gasteiger partial charge in [0.25, 0.3) is 0 Å². The number of guanidine groups is 1. The van der Waals surface area contributed by atoms with Gasteiger partial charge < -0.3 is 11.1 Å². The minimum atomic E-state index is 0. The zero-order valence-electron chi connectivity index (χ0n) is 14.3. The molecule has 1 atom stereocenters. The maximum Gasteiger partial charge on any atom is 0.188 e. The van der Waals surface area contributed by atoms with Crippen molar-refractivity contribution < 1.29 is 0 Å². The summed E-state index contributed by atoms with van der Waals surface area (Å²) in [5.74, 6) is 1.91. The molecule has 1 heterocycles. The van der Waals surface area contributed by atoms with E-state index in [1.807, 2.05) is 0 Å². The number of nitrogens with two attached hydrogens (primary N) is 1. The number of nitrogens with zero attached hydrogens (tertiary/aromatic N) is 2. The monoisotopic (exact) mass is 410 g/mol. The summed E-state index contributed by atoms with van der Waals surface area (Å²) in [6, 6.07) is 0.597. The highest BCUT2D eigenvalue weighted by atomic mass is 127. The third kappa shape index (κ3) is 7.68. The maximum absolute atomic E-state index is 5.97. The van der Waals surface area contributed by atoms with Crippen molar-refractivity contribution in [2.75, 3.05) is 26.2 Å². The lowest BCUT2D eigenvalue weighted by atomic mass is 9.93. The van der Waals surface area contributed by atoms with Gasteiger partial charge in [-0.05, 0) is 37.8 Å². The van der Waals surface area contributed by atoms with Gasteiger partial charge in [-0.3, -0.25) is 9.89 Å². The average Bonchev–Trinajstić information content (AvgIpc) is 2.94. The summed E-state index contributed by atoms with van der Waals surface area (Å²) in [5, 5.41) is 3.35. The fourth-order valence-corrected chi connectivity index (χ4v) is 3.05. The third-order valence-corrected chi connectivity index (χ3v) is 4.32. The Labute approximate surface area is 148 Å². The van der Waals surface area contributed by atoms with Gasteiger partial charge in [-0.2, -0.15) is 0 Å². The van der Waals surface area contributed by atoms with Crippen LogP contribution in [0, 0.1) is 11.8 Å². The molecule has 1 fully saturated rings. The molecule has 0 saturated carbocycles. The van der Waals surface area contributed by atoms with Crippen LogP contribution in [0.3, 0.4) is 0 Å². The summed E-state index contributed by atoms with van der Waals surface area (Å²) >= 11 is 0. The highest BCUT2D eigenvalue weighted by Crippen LogP contribution is 2.22. The fourth-order valence-electron chi connectivity index (χ4n) is 3.05. The molecule has 1 aliphatic heterocycles. The van der Waals surface area contributed by atoms with E-state index in [2.05, 4.69) is 42.9 Å². The van der Waals surface area contributed by atoms with Crippen LogP contribution in [0.2, 0.25) is 0 Å². The smallest absolute Gasteiger partial charge is 0.188 e. The second-order valence-corrected chi connectivity index (χ2v) is 6.39. The molecule has 1 aliphatic rings. The van der Waals surface area contributed by atoms with Crippen LogP contribution in [0.4, 0.5) is 0 Å². The van der Waals surface area contributed by atoms with Crippen LogP contribution in [-0.2, 0) is 0 Å². The topological polar surface area (TPSA) is 53.6 Å². The lowest BCUT2D eigenvalue weighted by Crippen LogP contribution is -2.48. The predicted octanol–water partition coefficient (Wildman–Crippen LogP) is 3.07. The number of halogens is 1. The van der Waals surface area contributed by atoms with E-state index in [1.54, 1.807) is 0 Å². The van der Waals surface area contributed by atoms with Crippen LogP contribution in [0.1, 0.15) is 53.4 Å². The Hall–Kier alpha value is -0.0400. The van der Waals surface area contributed by atoms with Gasteiger partial charge in [0.15, 0.2) is 5.96 Å². The number of likely N-dealkylation sites (tertiary alicyclic amines) is 1. The highest BCUT2D eigenvalue weighted by Gasteiger charge is 2.27. The number of rotatable bonds is 8. The predicted molar refractivity (Wildman–Crippen MR) is 103 cm³/mol. The first kappa shape index (κ1) is 21.0. The van der Waals surface area contributed by atoms with Crippen LogP contribution in [0.15, 0.2) is 4.99 Å².